The summed E-state index contributed by atoms with van der Waals surface area (Å²) in [5.74, 6) is -0.290. The van der Waals surface area contributed by atoms with Crippen LogP contribution in [-0.4, -0.2) is 34.5 Å². The lowest BCUT2D eigenvalue weighted by molar-refractivity contribution is -0.116. The van der Waals surface area contributed by atoms with Gasteiger partial charge in [-0.15, -0.1) is 0 Å². The molecule has 1 unspecified atom stereocenters. The van der Waals surface area contributed by atoms with Crippen LogP contribution in [-0.2, 0) is 16.1 Å². The molecule has 7 heteroatoms. The molecule has 0 bridgehead atoms. The number of ether oxygens (including phenoxy) is 1. The molecule has 0 spiro atoms. The number of hydrogen-bond acceptors (Lipinski definition) is 4. The lowest BCUT2D eigenvalue weighted by Gasteiger charge is -2.13. The highest BCUT2D eigenvalue weighted by molar-refractivity contribution is 5.97. The van der Waals surface area contributed by atoms with Crippen molar-refractivity contribution in [2.45, 2.75) is 32.4 Å². The maximum atomic E-state index is 12.4. The highest BCUT2D eigenvalue weighted by atomic mass is 16.5. The van der Waals surface area contributed by atoms with Gasteiger partial charge >= 0.3 is 0 Å². The summed E-state index contributed by atoms with van der Waals surface area (Å²) in [6.07, 6.45) is 6.22. The summed E-state index contributed by atoms with van der Waals surface area (Å²) >= 11 is 0. The SMILES string of the molecule is CC(OCCCNC(=O)c1cccc(NC(=O)CCn2ccnc2)c1)c1ccccc1. The summed E-state index contributed by atoms with van der Waals surface area (Å²) in [6.45, 7) is 3.64. The Labute approximate surface area is 182 Å². The molecule has 2 amide bonds. The molecule has 7 nitrogen and oxygen atoms in total. The highest BCUT2D eigenvalue weighted by Gasteiger charge is 2.09. The molecule has 2 N–H and O–H groups in total. The van der Waals surface area contributed by atoms with Crippen molar-refractivity contribution < 1.29 is 14.3 Å². The Morgan fingerprint density at radius 2 is 1.97 bits per heavy atom. The molecule has 3 aromatic rings. The van der Waals surface area contributed by atoms with Crippen LogP contribution >= 0.6 is 0 Å². The molecule has 0 aliphatic heterocycles. The molecule has 0 saturated carbocycles. The number of nitrogens with zero attached hydrogens (tertiary/aromatic N) is 2. The van der Waals surface area contributed by atoms with E-state index in [1.807, 2.05) is 48.0 Å². The van der Waals surface area contributed by atoms with Gasteiger partial charge in [0.15, 0.2) is 0 Å². The zero-order valence-corrected chi connectivity index (χ0v) is 17.7. The van der Waals surface area contributed by atoms with Crippen LogP contribution in [0, 0.1) is 0 Å². The molecule has 0 saturated heterocycles. The maximum absolute atomic E-state index is 12.4. The molecule has 0 aliphatic carbocycles. The van der Waals surface area contributed by atoms with E-state index in [0.29, 0.717) is 43.8 Å². The lowest BCUT2D eigenvalue weighted by Crippen LogP contribution is -2.25. The van der Waals surface area contributed by atoms with Crippen molar-refractivity contribution in [2.24, 2.45) is 0 Å². The van der Waals surface area contributed by atoms with Gasteiger partial charge in [-0.2, -0.15) is 0 Å². The Bertz CT molecular complexity index is 958. The van der Waals surface area contributed by atoms with Crippen LogP contribution in [0.1, 0.15) is 41.8 Å². The number of carbonyl (C=O) groups excluding carboxylic acids is 2. The molecule has 31 heavy (non-hydrogen) atoms. The predicted molar refractivity (Wildman–Crippen MR) is 120 cm³/mol. The first-order valence-electron chi connectivity index (χ1n) is 10.4. The fourth-order valence-electron chi connectivity index (χ4n) is 3.07. The molecule has 1 aromatic heterocycles. The monoisotopic (exact) mass is 420 g/mol. The van der Waals surface area contributed by atoms with Crippen molar-refractivity contribution >= 4 is 17.5 Å². The largest absolute Gasteiger partial charge is 0.374 e. The second-order valence-corrected chi connectivity index (χ2v) is 7.21. The van der Waals surface area contributed by atoms with Gasteiger partial charge in [0.05, 0.1) is 12.4 Å². The van der Waals surface area contributed by atoms with E-state index < -0.39 is 0 Å². The van der Waals surface area contributed by atoms with Gasteiger partial charge in [-0.1, -0.05) is 36.4 Å². The molecule has 0 fully saturated rings. The third-order valence-corrected chi connectivity index (χ3v) is 4.81. The van der Waals surface area contributed by atoms with Gasteiger partial charge in [-0.05, 0) is 37.1 Å². The number of rotatable bonds is 11. The summed E-state index contributed by atoms with van der Waals surface area (Å²) < 4.78 is 7.66. The van der Waals surface area contributed by atoms with Crippen molar-refractivity contribution in [1.29, 1.82) is 0 Å². The topological polar surface area (TPSA) is 85.3 Å². The van der Waals surface area contributed by atoms with Crippen LogP contribution < -0.4 is 10.6 Å². The maximum Gasteiger partial charge on any atom is 0.251 e. The van der Waals surface area contributed by atoms with Crippen LogP contribution in [0.25, 0.3) is 0 Å². The molecule has 2 aromatic carbocycles. The summed E-state index contributed by atoms with van der Waals surface area (Å²) in [4.78, 5) is 28.5. The molecule has 3 rings (SSSR count). The fraction of sp³-hybridized carbons (Fsp3) is 0.292. The molecular weight excluding hydrogens is 392 g/mol. The normalized spacial score (nSPS) is 11.6. The smallest absolute Gasteiger partial charge is 0.251 e. The van der Waals surface area contributed by atoms with Crippen LogP contribution in [0.4, 0.5) is 5.69 Å². The third-order valence-electron chi connectivity index (χ3n) is 4.81. The second-order valence-electron chi connectivity index (χ2n) is 7.21. The minimum atomic E-state index is -0.175. The Kier molecular flexibility index (Phi) is 8.37. The van der Waals surface area contributed by atoms with Gasteiger partial charge < -0.3 is 19.9 Å². The zero-order valence-electron chi connectivity index (χ0n) is 17.7. The number of imidazole rings is 1. The van der Waals surface area contributed by atoms with Gasteiger partial charge in [0.25, 0.3) is 5.91 Å². The first-order chi connectivity index (χ1) is 15.1. The quantitative estimate of drug-likeness (QED) is 0.462. The predicted octanol–water partition coefficient (Wildman–Crippen LogP) is 3.81. The highest BCUT2D eigenvalue weighted by Crippen LogP contribution is 2.16. The number of hydrogen-bond donors (Lipinski definition) is 2. The molecule has 1 atom stereocenters. The van der Waals surface area contributed by atoms with Crippen LogP contribution in [0.5, 0.6) is 0 Å². The van der Waals surface area contributed by atoms with E-state index in [-0.39, 0.29) is 17.9 Å². The summed E-state index contributed by atoms with van der Waals surface area (Å²) in [5.41, 5.74) is 2.24. The average molecular weight is 421 g/mol. The van der Waals surface area contributed by atoms with Crippen LogP contribution in [0.3, 0.4) is 0 Å². The van der Waals surface area contributed by atoms with E-state index in [9.17, 15) is 9.59 Å². The van der Waals surface area contributed by atoms with E-state index in [1.54, 1.807) is 36.8 Å². The minimum absolute atomic E-state index is 0.0194. The number of aromatic nitrogens is 2. The molecule has 0 radical (unpaired) electrons. The third kappa shape index (κ3) is 7.38. The molecule has 0 aliphatic rings. The van der Waals surface area contributed by atoms with Crippen molar-refractivity contribution in [3.63, 3.8) is 0 Å². The van der Waals surface area contributed by atoms with Gasteiger partial charge in [0.2, 0.25) is 5.91 Å². The first-order valence-corrected chi connectivity index (χ1v) is 10.4. The Hall–Kier alpha value is -3.45. The van der Waals surface area contributed by atoms with E-state index in [1.165, 1.54) is 0 Å². The van der Waals surface area contributed by atoms with E-state index >= 15 is 0 Å². The fourth-order valence-corrected chi connectivity index (χ4v) is 3.07. The van der Waals surface area contributed by atoms with Gasteiger partial charge in [0, 0.05) is 49.8 Å². The molecular formula is C24H28N4O3. The van der Waals surface area contributed by atoms with Gasteiger partial charge in [-0.25, -0.2) is 4.98 Å². The Morgan fingerprint density at radius 3 is 2.74 bits per heavy atom. The number of aryl methyl sites for hydroxylation is 1. The Morgan fingerprint density at radius 1 is 1.13 bits per heavy atom. The van der Waals surface area contributed by atoms with Crippen molar-refractivity contribution in [3.8, 4) is 0 Å². The van der Waals surface area contributed by atoms with Gasteiger partial charge in [0.1, 0.15) is 0 Å². The number of nitrogens with one attached hydrogen (secondary N) is 2. The average Bonchev–Trinajstić information content (AvgIpc) is 3.32. The van der Waals surface area contributed by atoms with Crippen molar-refractivity contribution in [2.75, 3.05) is 18.5 Å². The second kappa shape index (κ2) is 11.7. The summed E-state index contributed by atoms with van der Waals surface area (Å²) in [6, 6.07) is 17.0. The van der Waals surface area contributed by atoms with Gasteiger partial charge in [-0.3, -0.25) is 9.59 Å². The Balaban J connectivity index is 1.37. The number of benzene rings is 2. The number of carbonyl (C=O) groups is 2. The standard InChI is InChI=1S/C24H28N4O3/c1-19(20-7-3-2-4-8-20)31-16-6-12-26-24(30)21-9-5-10-22(17-21)27-23(29)11-14-28-15-13-25-18-28/h2-5,7-10,13,15,17-19H,6,11-12,14,16H2,1H3,(H,26,30)(H,27,29). The van der Waals surface area contributed by atoms with E-state index in [0.717, 1.165) is 5.56 Å². The summed E-state index contributed by atoms with van der Waals surface area (Å²) in [5, 5.41) is 5.73. The van der Waals surface area contributed by atoms with Crippen molar-refractivity contribution in [1.82, 2.24) is 14.9 Å². The van der Waals surface area contributed by atoms with E-state index in [4.69, 9.17) is 4.74 Å². The van der Waals surface area contributed by atoms with Crippen molar-refractivity contribution in [3.05, 3.63) is 84.4 Å². The zero-order chi connectivity index (χ0) is 21.9. The molecule has 162 valence electrons. The summed E-state index contributed by atoms with van der Waals surface area (Å²) in [7, 11) is 0. The van der Waals surface area contributed by atoms with E-state index in [2.05, 4.69) is 15.6 Å². The number of amides is 2. The van der Waals surface area contributed by atoms with Crippen LogP contribution in [0.15, 0.2) is 73.3 Å². The molecule has 1 heterocycles. The lowest BCUT2D eigenvalue weighted by atomic mass is 10.1. The minimum Gasteiger partial charge on any atom is -0.374 e. The van der Waals surface area contributed by atoms with Crippen LogP contribution in [0.2, 0.25) is 0 Å². The first kappa shape index (κ1) is 22.2. The number of anilines is 1.